The van der Waals surface area contributed by atoms with Crippen LogP contribution < -0.4 is 4.90 Å². The predicted molar refractivity (Wildman–Crippen MR) is 62.6 cm³/mol. The van der Waals surface area contributed by atoms with Crippen molar-refractivity contribution in [3.05, 3.63) is 28.8 Å². The summed E-state index contributed by atoms with van der Waals surface area (Å²) in [7, 11) is 0. The first-order chi connectivity index (χ1) is 7.16. The van der Waals surface area contributed by atoms with E-state index in [0.29, 0.717) is 18.6 Å². The lowest BCUT2D eigenvalue weighted by molar-refractivity contribution is -0.119. The normalized spacial score (nSPS) is 16.9. The third-order valence-corrected chi connectivity index (χ3v) is 3.06. The molecule has 0 amide bonds. The number of piperidine rings is 1. The molecule has 3 heteroatoms. The van der Waals surface area contributed by atoms with Gasteiger partial charge in [-0.2, -0.15) is 0 Å². The summed E-state index contributed by atoms with van der Waals surface area (Å²) >= 11 is 5.91. The Bertz CT molecular complexity index is 379. The van der Waals surface area contributed by atoms with Crippen LogP contribution in [-0.2, 0) is 4.79 Å². The predicted octanol–water partition coefficient (Wildman–Crippen LogP) is 2.82. The van der Waals surface area contributed by atoms with Crippen LogP contribution in [0.25, 0.3) is 0 Å². The highest BCUT2D eigenvalue weighted by atomic mass is 35.5. The molecule has 1 aliphatic rings. The van der Waals surface area contributed by atoms with Crippen LogP contribution in [0.5, 0.6) is 0 Å². The van der Waals surface area contributed by atoms with Gasteiger partial charge in [0.05, 0.1) is 0 Å². The number of hydrogen-bond acceptors (Lipinski definition) is 2. The monoisotopic (exact) mass is 223 g/mol. The summed E-state index contributed by atoms with van der Waals surface area (Å²) in [5.41, 5.74) is 2.38. The van der Waals surface area contributed by atoms with Crippen LogP contribution in [0.2, 0.25) is 5.02 Å². The molecule has 0 bridgehead atoms. The van der Waals surface area contributed by atoms with Crippen LogP contribution in [0.3, 0.4) is 0 Å². The Morgan fingerprint density at radius 2 is 1.93 bits per heavy atom. The highest BCUT2D eigenvalue weighted by molar-refractivity contribution is 6.30. The zero-order valence-electron chi connectivity index (χ0n) is 8.79. The minimum absolute atomic E-state index is 0.373. The Morgan fingerprint density at radius 3 is 2.53 bits per heavy atom. The van der Waals surface area contributed by atoms with Gasteiger partial charge in [0.1, 0.15) is 5.78 Å². The minimum Gasteiger partial charge on any atom is -0.370 e. The van der Waals surface area contributed by atoms with E-state index in [1.807, 2.05) is 18.2 Å². The van der Waals surface area contributed by atoms with Crippen molar-refractivity contribution in [1.82, 2.24) is 0 Å². The molecule has 0 N–H and O–H groups in total. The van der Waals surface area contributed by atoms with E-state index in [4.69, 9.17) is 11.6 Å². The first-order valence-corrected chi connectivity index (χ1v) is 5.57. The zero-order chi connectivity index (χ0) is 10.8. The number of benzene rings is 1. The molecule has 1 aliphatic heterocycles. The number of carbonyl (C=O) groups excluding carboxylic acids is 1. The van der Waals surface area contributed by atoms with E-state index >= 15 is 0 Å². The fourth-order valence-corrected chi connectivity index (χ4v) is 2.20. The van der Waals surface area contributed by atoms with Crippen molar-refractivity contribution >= 4 is 23.1 Å². The van der Waals surface area contributed by atoms with Crippen LogP contribution in [0.1, 0.15) is 18.4 Å². The van der Waals surface area contributed by atoms with Crippen LogP contribution in [0.4, 0.5) is 5.69 Å². The molecular weight excluding hydrogens is 210 g/mol. The molecular formula is C12H14ClNO. The third-order valence-electron chi connectivity index (χ3n) is 2.82. The number of Topliss-reactive ketones (excluding diaryl/α,β-unsaturated/α-hetero) is 1. The van der Waals surface area contributed by atoms with Gasteiger partial charge in [0.15, 0.2) is 0 Å². The summed E-state index contributed by atoms with van der Waals surface area (Å²) < 4.78 is 0. The lowest BCUT2D eigenvalue weighted by Crippen LogP contribution is -2.34. The molecule has 1 fully saturated rings. The van der Waals surface area contributed by atoms with Gasteiger partial charge in [-0.05, 0) is 30.7 Å². The van der Waals surface area contributed by atoms with E-state index in [2.05, 4.69) is 11.8 Å². The Hall–Kier alpha value is -1.02. The van der Waals surface area contributed by atoms with Gasteiger partial charge in [-0.3, -0.25) is 4.79 Å². The maximum absolute atomic E-state index is 11.1. The average molecular weight is 224 g/mol. The highest BCUT2D eigenvalue weighted by Gasteiger charge is 2.17. The second-order valence-electron chi connectivity index (χ2n) is 3.96. The summed E-state index contributed by atoms with van der Waals surface area (Å²) in [5, 5.41) is 0.768. The van der Waals surface area contributed by atoms with Crippen molar-refractivity contribution in [3.63, 3.8) is 0 Å². The summed E-state index contributed by atoms with van der Waals surface area (Å²) in [6, 6.07) is 5.90. The van der Waals surface area contributed by atoms with Gasteiger partial charge >= 0.3 is 0 Å². The zero-order valence-corrected chi connectivity index (χ0v) is 9.55. The topological polar surface area (TPSA) is 20.3 Å². The van der Waals surface area contributed by atoms with Gasteiger partial charge in [0.25, 0.3) is 0 Å². The second-order valence-corrected chi connectivity index (χ2v) is 4.39. The van der Waals surface area contributed by atoms with Gasteiger partial charge in [0, 0.05) is 36.6 Å². The van der Waals surface area contributed by atoms with Crippen LogP contribution in [0, 0.1) is 6.92 Å². The average Bonchev–Trinajstić information content (AvgIpc) is 2.20. The number of halogens is 1. The molecule has 0 spiro atoms. The largest absolute Gasteiger partial charge is 0.370 e. The molecule has 2 rings (SSSR count). The molecule has 1 saturated heterocycles. The molecule has 80 valence electrons. The van der Waals surface area contributed by atoms with Crippen LogP contribution in [-0.4, -0.2) is 18.9 Å². The lowest BCUT2D eigenvalue weighted by Gasteiger charge is -2.29. The van der Waals surface area contributed by atoms with Crippen molar-refractivity contribution in [2.45, 2.75) is 19.8 Å². The van der Waals surface area contributed by atoms with Gasteiger partial charge in [-0.1, -0.05) is 11.6 Å². The summed E-state index contributed by atoms with van der Waals surface area (Å²) in [6.07, 6.45) is 1.34. The fourth-order valence-electron chi connectivity index (χ4n) is 1.97. The van der Waals surface area contributed by atoms with E-state index in [9.17, 15) is 4.79 Å². The van der Waals surface area contributed by atoms with E-state index in [1.165, 1.54) is 11.3 Å². The number of hydrogen-bond donors (Lipinski definition) is 0. The molecule has 1 aromatic carbocycles. The minimum atomic E-state index is 0.373. The van der Waals surface area contributed by atoms with Gasteiger partial charge < -0.3 is 4.90 Å². The van der Waals surface area contributed by atoms with Crippen molar-refractivity contribution in [1.29, 1.82) is 0 Å². The fraction of sp³-hybridized carbons (Fsp3) is 0.417. The highest BCUT2D eigenvalue weighted by Crippen LogP contribution is 2.25. The number of ketones is 1. The van der Waals surface area contributed by atoms with E-state index < -0.39 is 0 Å². The molecule has 0 saturated carbocycles. The SMILES string of the molecule is Cc1cc(Cl)ccc1N1CCC(=O)CC1. The van der Waals surface area contributed by atoms with E-state index in [-0.39, 0.29) is 0 Å². The molecule has 0 radical (unpaired) electrons. The molecule has 0 aliphatic carbocycles. The number of rotatable bonds is 1. The maximum atomic E-state index is 11.1. The van der Waals surface area contributed by atoms with Gasteiger partial charge in [-0.25, -0.2) is 0 Å². The molecule has 0 aromatic heterocycles. The first kappa shape index (κ1) is 10.5. The number of nitrogens with zero attached hydrogens (tertiary/aromatic N) is 1. The second kappa shape index (κ2) is 4.23. The smallest absolute Gasteiger partial charge is 0.136 e. The number of aryl methyl sites for hydroxylation is 1. The first-order valence-electron chi connectivity index (χ1n) is 5.19. The molecule has 1 heterocycles. The third kappa shape index (κ3) is 2.32. The standard InChI is InChI=1S/C12H14ClNO/c1-9-8-10(13)2-3-12(9)14-6-4-11(15)5-7-14/h2-3,8H,4-7H2,1H3. The molecule has 0 unspecified atom stereocenters. The Morgan fingerprint density at radius 1 is 1.27 bits per heavy atom. The Labute approximate surface area is 94.8 Å². The van der Waals surface area contributed by atoms with Crippen LogP contribution in [0.15, 0.2) is 18.2 Å². The summed E-state index contributed by atoms with van der Waals surface area (Å²) in [5.74, 6) is 0.373. The maximum Gasteiger partial charge on any atom is 0.136 e. The quantitative estimate of drug-likeness (QED) is 0.730. The molecule has 1 aromatic rings. The number of carbonyl (C=O) groups is 1. The Kier molecular flexibility index (Phi) is 2.96. The van der Waals surface area contributed by atoms with Gasteiger partial charge in [0.2, 0.25) is 0 Å². The van der Waals surface area contributed by atoms with Crippen LogP contribution >= 0.6 is 11.6 Å². The lowest BCUT2D eigenvalue weighted by atomic mass is 10.1. The van der Waals surface area contributed by atoms with E-state index in [1.54, 1.807) is 0 Å². The van der Waals surface area contributed by atoms with Crippen molar-refractivity contribution in [2.75, 3.05) is 18.0 Å². The molecule has 0 atom stereocenters. The van der Waals surface area contributed by atoms with Gasteiger partial charge in [-0.15, -0.1) is 0 Å². The van der Waals surface area contributed by atoms with E-state index in [0.717, 1.165) is 18.1 Å². The molecule has 15 heavy (non-hydrogen) atoms. The van der Waals surface area contributed by atoms with Crippen molar-refractivity contribution in [3.8, 4) is 0 Å². The summed E-state index contributed by atoms with van der Waals surface area (Å²) in [6.45, 7) is 3.72. The Balaban J connectivity index is 2.19. The summed E-state index contributed by atoms with van der Waals surface area (Å²) in [4.78, 5) is 13.4. The molecule has 2 nitrogen and oxygen atoms in total. The number of anilines is 1. The van der Waals surface area contributed by atoms with Crippen molar-refractivity contribution < 1.29 is 4.79 Å². The van der Waals surface area contributed by atoms with Crippen molar-refractivity contribution in [2.24, 2.45) is 0 Å².